The molecule has 3 rings (SSSR count). The van der Waals surface area contributed by atoms with Crippen LogP contribution < -0.4 is 9.47 Å². The molecule has 0 amide bonds. The van der Waals surface area contributed by atoms with Crippen molar-refractivity contribution in [3.05, 3.63) is 100 Å². The highest BCUT2D eigenvalue weighted by Gasteiger charge is 2.16. The third-order valence-electron chi connectivity index (χ3n) is 5.68. The Morgan fingerprint density at radius 3 is 2.11 bits per heavy atom. The number of hydrogen-bond donors (Lipinski definition) is 0. The van der Waals surface area contributed by atoms with Crippen LogP contribution in [0, 0.1) is 0 Å². The van der Waals surface area contributed by atoms with Gasteiger partial charge in [-0.25, -0.2) is 0 Å². The number of allylic oxidation sites excluding steroid dienone is 7. The fourth-order valence-electron chi connectivity index (χ4n) is 3.84. The Kier molecular flexibility index (Phi) is 10.2. The highest BCUT2D eigenvalue weighted by molar-refractivity contribution is 6.32. The summed E-state index contributed by atoms with van der Waals surface area (Å²) in [5.74, 6) is 3.24. The monoisotopic (exact) mass is 493 g/mol. The van der Waals surface area contributed by atoms with Gasteiger partial charge in [0.15, 0.2) is 0 Å². The van der Waals surface area contributed by atoms with Crippen molar-refractivity contribution in [3.63, 3.8) is 0 Å². The third-order valence-corrected chi connectivity index (χ3v) is 6.16. The molecule has 184 valence electrons. The van der Waals surface area contributed by atoms with E-state index in [4.69, 9.17) is 30.2 Å². The molecule has 0 bridgehead atoms. The molecule has 0 N–H and O–H groups in total. The maximum absolute atomic E-state index is 6.85. The summed E-state index contributed by atoms with van der Waals surface area (Å²) in [6.07, 6.45) is 11.0. The Bertz CT molecular complexity index is 1120. The van der Waals surface area contributed by atoms with Gasteiger partial charge in [0.25, 0.3) is 6.61 Å². The maximum atomic E-state index is 6.85. The first-order valence-electron chi connectivity index (χ1n) is 12.0. The fourth-order valence-corrected chi connectivity index (χ4v) is 4.15. The summed E-state index contributed by atoms with van der Waals surface area (Å²) >= 11 is 6.85. The first kappa shape index (κ1) is 26.4. The highest BCUT2D eigenvalue weighted by Crippen LogP contribution is 2.34. The van der Waals surface area contributed by atoms with Gasteiger partial charge in [-0.15, -0.1) is 0 Å². The van der Waals surface area contributed by atoms with Crippen molar-refractivity contribution in [2.24, 2.45) is 0 Å². The van der Waals surface area contributed by atoms with Gasteiger partial charge in [-0.2, -0.15) is 0 Å². The first-order chi connectivity index (χ1) is 17.1. The lowest BCUT2D eigenvalue weighted by Crippen LogP contribution is -2.01. The summed E-state index contributed by atoms with van der Waals surface area (Å²) in [7, 11) is 3.32. The highest BCUT2D eigenvalue weighted by atomic mass is 35.5. The summed E-state index contributed by atoms with van der Waals surface area (Å²) in [5, 5.41) is 0.792. The molecule has 0 radical (unpaired) electrons. The van der Waals surface area contributed by atoms with Crippen LogP contribution in [0.3, 0.4) is 0 Å². The van der Waals surface area contributed by atoms with Gasteiger partial charge in [-0.3, -0.25) is 4.42 Å². The van der Waals surface area contributed by atoms with Crippen molar-refractivity contribution >= 4 is 23.1 Å². The lowest BCUT2D eigenvalue weighted by molar-refractivity contribution is -0.261. The summed E-state index contributed by atoms with van der Waals surface area (Å²) < 4.78 is 22.3. The topological polar surface area (TPSA) is 39.0 Å². The molecule has 35 heavy (non-hydrogen) atoms. The number of ketones is 1. The number of ether oxygens (including phenoxy) is 3. The van der Waals surface area contributed by atoms with Gasteiger partial charge in [-0.1, -0.05) is 17.7 Å². The largest absolute Gasteiger partial charge is 0.497 e. The van der Waals surface area contributed by atoms with E-state index < -0.39 is 0 Å². The van der Waals surface area contributed by atoms with Gasteiger partial charge in [0.05, 0.1) is 26.4 Å². The summed E-state index contributed by atoms with van der Waals surface area (Å²) in [5.41, 5.74) is 4.20. The number of halogens is 1. The van der Waals surface area contributed by atoms with Crippen LogP contribution in [0.2, 0.25) is 0 Å². The van der Waals surface area contributed by atoms with E-state index in [1.54, 1.807) is 14.2 Å². The van der Waals surface area contributed by atoms with Crippen LogP contribution in [0.5, 0.6) is 11.5 Å². The van der Waals surface area contributed by atoms with Crippen LogP contribution >= 0.6 is 11.6 Å². The number of hydrogen-bond acceptors (Lipinski definition) is 3. The zero-order valence-corrected chi connectivity index (χ0v) is 21.7. The Morgan fingerprint density at radius 1 is 0.914 bits per heavy atom. The second-order valence-electron chi connectivity index (χ2n) is 7.94. The molecule has 0 unspecified atom stereocenters. The Hall–Kier alpha value is -3.24. The zero-order valence-electron chi connectivity index (χ0n) is 21.0. The van der Waals surface area contributed by atoms with E-state index in [-0.39, 0.29) is 0 Å². The minimum absolute atomic E-state index is 0.583. The molecule has 0 atom stereocenters. The van der Waals surface area contributed by atoms with Gasteiger partial charge < -0.3 is 14.2 Å². The SMILES string of the molecule is CCO/C(=C/C=C1\CCCC(/C=C/C(=[O+]CC)c2ccc(OC)cc2)=C1Cl)c1ccc(OC)cc1. The molecule has 1 aliphatic carbocycles. The molecule has 0 spiro atoms. The predicted octanol–water partition coefficient (Wildman–Crippen LogP) is 7.68. The van der Waals surface area contributed by atoms with Gasteiger partial charge in [0.2, 0.25) is 0 Å². The molecule has 1 aliphatic rings. The van der Waals surface area contributed by atoms with Crippen LogP contribution in [-0.4, -0.2) is 33.2 Å². The average molecular weight is 494 g/mol. The van der Waals surface area contributed by atoms with E-state index >= 15 is 0 Å². The minimum atomic E-state index is 0.583. The molecule has 2 aromatic carbocycles. The Morgan fingerprint density at radius 2 is 1.54 bits per heavy atom. The Balaban J connectivity index is 1.86. The van der Waals surface area contributed by atoms with Crippen LogP contribution in [0.1, 0.15) is 48.7 Å². The molecule has 0 saturated carbocycles. The van der Waals surface area contributed by atoms with Crippen LogP contribution in [-0.2, 0) is 4.74 Å². The van der Waals surface area contributed by atoms with Crippen LogP contribution in [0.25, 0.3) is 5.76 Å². The van der Waals surface area contributed by atoms with Gasteiger partial charge in [-0.05, 0) is 98.0 Å². The van der Waals surface area contributed by atoms with E-state index in [0.717, 1.165) is 69.6 Å². The van der Waals surface area contributed by atoms with Gasteiger partial charge in [0, 0.05) is 23.6 Å². The van der Waals surface area contributed by atoms with Crippen LogP contribution in [0.4, 0.5) is 0 Å². The van der Waals surface area contributed by atoms with Crippen molar-refractivity contribution in [1.82, 2.24) is 0 Å². The van der Waals surface area contributed by atoms with E-state index in [0.29, 0.717) is 13.2 Å². The van der Waals surface area contributed by atoms with Crippen molar-refractivity contribution in [3.8, 4) is 11.5 Å². The maximum Gasteiger partial charge on any atom is 0.350 e. The van der Waals surface area contributed by atoms with Crippen molar-refractivity contribution in [2.45, 2.75) is 33.1 Å². The standard InChI is InChI=1S/C30H34ClO4/c1-5-34-28(22-10-16-26(32-3)17-11-22)20-14-24-8-7-9-25(30(24)31)15-21-29(35-6-2)23-12-18-27(33-4)19-13-23/h10-21H,5-9H2,1-4H3/q+1/b20-14+,25-15+,29-21+. The number of rotatable bonds is 10. The molecule has 0 aromatic heterocycles. The van der Waals surface area contributed by atoms with E-state index in [2.05, 4.69) is 12.2 Å². The van der Waals surface area contributed by atoms with Gasteiger partial charge in [0.1, 0.15) is 17.3 Å². The Labute approximate surface area is 213 Å². The lowest BCUT2D eigenvalue weighted by atomic mass is 9.93. The molecule has 5 heteroatoms. The third kappa shape index (κ3) is 7.37. The van der Waals surface area contributed by atoms with Gasteiger partial charge >= 0.3 is 5.78 Å². The quantitative estimate of drug-likeness (QED) is 0.147. The molecule has 2 aromatic rings. The molecule has 0 aliphatic heterocycles. The minimum Gasteiger partial charge on any atom is -0.497 e. The second-order valence-corrected chi connectivity index (χ2v) is 8.31. The number of methoxy groups -OCH3 is 2. The van der Waals surface area contributed by atoms with E-state index in [9.17, 15) is 0 Å². The van der Waals surface area contributed by atoms with Crippen molar-refractivity contribution in [1.29, 1.82) is 0 Å². The first-order valence-corrected chi connectivity index (χ1v) is 12.4. The molecule has 4 nitrogen and oxygen atoms in total. The van der Waals surface area contributed by atoms with E-state index in [1.165, 1.54) is 0 Å². The summed E-state index contributed by atoms with van der Waals surface area (Å²) in [6, 6.07) is 15.7. The normalized spacial score (nSPS) is 16.2. The summed E-state index contributed by atoms with van der Waals surface area (Å²) in [4.78, 5) is 0. The summed E-state index contributed by atoms with van der Waals surface area (Å²) in [6.45, 7) is 5.13. The molecular formula is C30H34ClO4+. The van der Waals surface area contributed by atoms with Crippen molar-refractivity contribution in [2.75, 3.05) is 27.4 Å². The van der Waals surface area contributed by atoms with Crippen molar-refractivity contribution < 1.29 is 18.6 Å². The predicted molar refractivity (Wildman–Crippen MR) is 144 cm³/mol. The number of benzene rings is 2. The molecule has 0 fully saturated rings. The average Bonchev–Trinajstić information content (AvgIpc) is 2.90. The lowest BCUT2D eigenvalue weighted by Gasteiger charge is -2.17. The number of carbonyl (C=O) groups excluding carboxylic acids is 1. The molecule has 0 heterocycles. The second kappa shape index (κ2) is 13.6. The van der Waals surface area contributed by atoms with Crippen LogP contribution in [0.15, 0.2) is 89.0 Å². The zero-order chi connectivity index (χ0) is 25.0. The smallest absolute Gasteiger partial charge is 0.350 e. The molecule has 0 saturated heterocycles. The molecular weight excluding hydrogens is 460 g/mol. The fraction of sp³-hybridized carbons (Fsp3) is 0.300. The van der Waals surface area contributed by atoms with E-state index in [1.807, 2.05) is 74.5 Å².